The molecule has 0 radical (unpaired) electrons. The van der Waals surface area contributed by atoms with E-state index < -0.39 is 0 Å². The SMILES string of the molecule is C=Cc1ccccc1-c1ccc(=CC)c(=CC)c1-c1ccccc1C=C. The van der Waals surface area contributed by atoms with Gasteiger partial charge in [-0.2, -0.15) is 0 Å². The molecule has 0 atom stereocenters. The Morgan fingerprint density at radius 2 is 1.19 bits per heavy atom. The summed E-state index contributed by atoms with van der Waals surface area (Å²) in [5.74, 6) is 0. The molecule has 3 aromatic rings. The van der Waals surface area contributed by atoms with Gasteiger partial charge in [0, 0.05) is 0 Å². The van der Waals surface area contributed by atoms with Crippen molar-refractivity contribution in [2.75, 3.05) is 0 Å². The fraction of sp³-hybridized carbons (Fsp3) is 0.0769. The van der Waals surface area contributed by atoms with E-state index in [-0.39, 0.29) is 0 Å². The molecule has 3 rings (SSSR count). The van der Waals surface area contributed by atoms with Crippen LogP contribution in [0.5, 0.6) is 0 Å². The molecule has 0 saturated carbocycles. The maximum absolute atomic E-state index is 4.02. The molecule has 0 fully saturated rings. The van der Waals surface area contributed by atoms with Gasteiger partial charge in [0.15, 0.2) is 0 Å². The molecule has 26 heavy (non-hydrogen) atoms. The first-order valence-corrected chi connectivity index (χ1v) is 8.94. The third-order valence-electron chi connectivity index (χ3n) is 4.80. The Morgan fingerprint density at radius 1 is 0.615 bits per heavy atom. The smallest absolute Gasteiger partial charge is 0.00240 e. The lowest BCUT2D eigenvalue weighted by Crippen LogP contribution is -2.27. The van der Waals surface area contributed by atoms with Gasteiger partial charge in [-0.3, -0.25) is 0 Å². The second kappa shape index (κ2) is 7.84. The van der Waals surface area contributed by atoms with Crippen molar-refractivity contribution in [3.8, 4) is 22.3 Å². The van der Waals surface area contributed by atoms with Gasteiger partial charge in [-0.05, 0) is 57.7 Å². The zero-order valence-corrected chi connectivity index (χ0v) is 15.5. The summed E-state index contributed by atoms with van der Waals surface area (Å²) in [6.07, 6.45) is 8.22. The first kappa shape index (κ1) is 17.7. The zero-order valence-electron chi connectivity index (χ0n) is 15.5. The second-order valence-corrected chi connectivity index (χ2v) is 6.15. The maximum atomic E-state index is 4.02. The molecule has 0 heteroatoms. The van der Waals surface area contributed by atoms with Gasteiger partial charge < -0.3 is 0 Å². The highest BCUT2D eigenvalue weighted by molar-refractivity contribution is 5.90. The largest absolute Gasteiger partial charge is 0.0984 e. The molecule has 0 N–H and O–H groups in total. The van der Waals surface area contributed by atoms with Crippen molar-refractivity contribution in [2.24, 2.45) is 0 Å². The van der Waals surface area contributed by atoms with Crippen molar-refractivity contribution in [3.05, 3.63) is 95.4 Å². The Bertz CT molecular complexity index is 1080. The molecule has 0 aromatic heterocycles. The van der Waals surface area contributed by atoms with Crippen molar-refractivity contribution in [1.82, 2.24) is 0 Å². The molecular weight excluding hydrogens is 312 g/mol. The van der Waals surface area contributed by atoms with E-state index in [2.05, 4.69) is 99.8 Å². The minimum Gasteiger partial charge on any atom is -0.0984 e. The minimum atomic E-state index is 1.14. The molecule has 0 amide bonds. The fourth-order valence-electron chi connectivity index (χ4n) is 3.54. The Morgan fingerprint density at radius 3 is 1.77 bits per heavy atom. The molecule has 0 aliphatic rings. The molecule has 3 aromatic carbocycles. The van der Waals surface area contributed by atoms with Crippen molar-refractivity contribution < 1.29 is 0 Å². The predicted octanol–water partition coefficient (Wildman–Crippen LogP) is 5.91. The lowest BCUT2D eigenvalue weighted by molar-refractivity contribution is 1.46. The van der Waals surface area contributed by atoms with Crippen LogP contribution in [0.25, 0.3) is 46.6 Å². The summed E-state index contributed by atoms with van der Waals surface area (Å²) in [6, 6.07) is 21.3. The van der Waals surface area contributed by atoms with Crippen molar-refractivity contribution in [2.45, 2.75) is 13.8 Å². The first-order valence-electron chi connectivity index (χ1n) is 8.94. The molecule has 128 valence electrons. The van der Waals surface area contributed by atoms with E-state index >= 15 is 0 Å². The fourth-order valence-corrected chi connectivity index (χ4v) is 3.54. The summed E-state index contributed by atoms with van der Waals surface area (Å²) in [7, 11) is 0. The Balaban J connectivity index is 2.52. The average Bonchev–Trinajstić information content (AvgIpc) is 2.72. The molecule has 0 unspecified atom stereocenters. The van der Waals surface area contributed by atoms with Crippen LogP contribution in [0.1, 0.15) is 25.0 Å². The molecule has 0 bridgehead atoms. The maximum Gasteiger partial charge on any atom is -0.00240 e. The monoisotopic (exact) mass is 336 g/mol. The highest BCUT2D eigenvalue weighted by Gasteiger charge is 2.13. The number of benzene rings is 3. The summed E-state index contributed by atoms with van der Waals surface area (Å²) in [5.41, 5.74) is 7.14. The van der Waals surface area contributed by atoms with E-state index in [0.29, 0.717) is 0 Å². The Hall–Kier alpha value is -3.12. The number of rotatable bonds is 4. The molecule has 0 saturated heterocycles. The van der Waals surface area contributed by atoms with Gasteiger partial charge in [0.05, 0.1) is 0 Å². The van der Waals surface area contributed by atoms with Gasteiger partial charge in [0.25, 0.3) is 0 Å². The van der Waals surface area contributed by atoms with Gasteiger partial charge in [-0.15, -0.1) is 0 Å². The Kier molecular flexibility index (Phi) is 5.34. The van der Waals surface area contributed by atoms with Crippen LogP contribution in [0.15, 0.2) is 73.8 Å². The lowest BCUT2D eigenvalue weighted by Gasteiger charge is -2.16. The van der Waals surface area contributed by atoms with Crippen molar-refractivity contribution >= 4 is 24.3 Å². The molecule has 0 nitrogen and oxygen atoms in total. The van der Waals surface area contributed by atoms with Crippen LogP contribution < -0.4 is 10.4 Å². The predicted molar refractivity (Wildman–Crippen MR) is 117 cm³/mol. The second-order valence-electron chi connectivity index (χ2n) is 6.15. The third kappa shape index (κ3) is 3.07. The van der Waals surface area contributed by atoms with Crippen LogP contribution in [-0.2, 0) is 0 Å². The van der Waals surface area contributed by atoms with Crippen LogP contribution in [0.2, 0.25) is 0 Å². The van der Waals surface area contributed by atoms with E-state index in [1.54, 1.807) is 0 Å². The quantitative estimate of drug-likeness (QED) is 0.556. The average molecular weight is 336 g/mol. The number of hydrogen-bond donors (Lipinski definition) is 0. The van der Waals surface area contributed by atoms with E-state index in [4.69, 9.17) is 0 Å². The van der Waals surface area contributed by atoms with Crippen molar-refractivity contribution in [3.63, 3.8) is 0 Å². The summed E-state index contributed by atoms with van der Waals surface area (Å²) >= 11 is 0. The molecule has 0 spiro atoms. The molecule has 0 heterocycles. The summed E-state index contributed by atoms with van der Waals surface area (Å²) in [5, 5.41) is 2.49. The summed E-state index contributed by atoms with van der Waals surface area (Å²) in [4.78, 5) is 0. The number of hydrogen-bond acceptors (Lipinski definition) is 0. The Labute approximate surface area is 156 Å². The first-order chi connectivity index (χ1) is 12.7. The molecule has 0 aliphatic heterocycles. The third-order valence-corrected chi connectivity index (χ3v) is 4.80. The lowest BCUT2D eigenvalue weighted by atomic mass is 9.87. The highest BCUT2D eigenvalue weighted by atomic mass is 14.2. The van der Waals surface area contributed by atoms with Crippen LogP contribution in [0.4, 0.5) is 0 Å². The highest BCUT2D eigenvalue weighted by Crippen LogP contribution is 2.33. The van der Waals surface area contributed by atoms with Crippen LogP contribution in [0, 0.1) is 0 Å². The normalized spacial score (nSPS) is 12.2. The van der Waals surface area contributed by atoms with Gasteiger partial charge in [0.1, 0.15) is 0 Å². The summed E-state index contributed by atoms with van der Waals surface area (Å²) < 4.78 is 0. The van der Waals surface area contributed by atoms with Crippen molar-refractivity contribution in [1.29, 1.82) is 0 Å². The summed E-state index contributed by atoms with van der Waals surface area (Å²) in [6.45, 7) is 12.2. The van der Waals surface area contributed by atoms with Gasteiger partial charge >= 0.3 is 0 Å². The zero-order chi connectivity index (χ0) is 18.5. The van der Waals surface area contributed by atoms with Crippen LogP contribution >= 0.6 is 0 Å². The van der Waals surface area contributed by atoms with E-state index in [1.165, 1.54) is 32.7 Å². The topological polar surface area (TPSA) is 0 Å². The van der Waals surface area contributed by atoms with Crippen LogP contribution in [0.3, 0.4) is 0 Å². The molecular formula is C26H24. The van der Waals surface area contributed by atoms with Gasteiger partial charge in [0.2, 0.25) is 0 Å². The van der Waals surface area contributed by atoms with Gasteiger partial charge in [-0.25, -0.2) is 0 Å². The van der Waals surface area contributed by atoms with E-state index in [9.17, 15) is 0 Å². The van der Waals surface area contributed by atoms with Crippen LogP contribution in [-0.4, -0.2) is 0 Å². The molecule has 0 aliphatic carbocycles. The minimum absolute atomic E-state index is 1.14. The standard InChI is InChI=1S/C26H24/c1-5-19-13-9-11-15-23(19)25-18-17-21(7-3)22(8-4)26(25)24-16-12-10-14-20(24)6-2/h5-18H,1-2H2,3-4H3. The van der Waals surface area contributed by atoms with E-state index in [1.807, 2.05) is 12.2 Å². The van der Waals surface area contributed by atoms with E-state index in [0.717, 1.165) is 11.1 Å². The van der Waals surface area contributed by atoms with Gasteiger partial charge in [-0.1, -0.05) is 98.1 Å².